The van der Waals surface area contributed by atoms with Gasteiger partial charge in [0.1, 0.15) is 12.2 Å². The van der Waals surface area contributed by atoms with Gasteiger partial charge in [-0.15, -0.1) is 0 Å². The molecule has 0 amide bonds. The van der Waals surface area contributed by atoms with Crippen molar-refractivity contribution in [2.75, 3.05) is 6.61 Å². The average molecular weight is 419 g/mol. The van der Waals surface area contributed by atoms with E-state index in [4.69, 9.17) is 19.9 Å². The summed E-state index contributed by atoms with van der Waals surface area (Å²) < 4.78 is 18.5. The SMILES string of the molecule is NC1N[C@@H](COCc2ccccc2)[C@H](OCc2ccccc2)[C@H]1OCc1ccccc1. The fourth-order valence-corrected chi connectivity index (χ4v) is 3.83. The molecule has 31 heavy (non-hydrogen) atoms. The first-order valence-electron chi connectivity index (χ1n) is 10.7. The highest BCUT2D eigenvalue weighted by Crippen LogP contribution is 2.22. The second-order valence-electron chi connectivity index (χ2n) is 7.82. The van der Waals surface area contributed by atoms with Crippen LogP contribution < -0.4 is 11.1 Å². The molecule has 1 fully saturated rings. The highest BCUT2D eigenvalue weighted by Gasteiger charge is 2.43. The summed E-state index contributed by atoms with van der Waals surface area (Å²) in [5.41, 5.74) is 9.78. The molecule has 0 radical (unpaired) electrons. The smallest absolute Gasteiger partial charge is 0.114 e. The Bertz CT molecular complexity index is 892. The van der Waals surface area contributed by atoms with E-state index in [-0.39, 0.29) is 24.4 Å². The zero-order valence-corrected chi connectivity index (χ0v) is 17.6. The molecule has 1 aliphatic heterocycles. The molecule has 0 saturated carbocycles. The first-order valence-corrected chi connectivity index (χ1v) is 10.7. The van der Waals surface area contributed by atoms with E-state index in [0.29, 0.717) is 26.4 Å². The standard InChI is InChI=1S/C26H30N2O3/c27-26-25(31-18-22-14-8-3-9-15-22)24(30-17-21-12-6-2-7-13-21)23(28-26)19-29-16-20-10-4-1-5-11-20/h1-15,23-26,28H,16-19,27H2/t23-,24-,25+,26?/m0/s1. The molecule has 3 N–H and O–H groups in total. The molecule has 3 aromatic carbocycles. The Balaban J connectivity index is 1.39. The van der Waals surface area contributed by atoms with Crippen LogP contribution in [0, 0.1) is 0 Å². The Hall–Kier alpha value is -2.54. The lowest BCUT2D eigenvalue weighted by Crippen LogP contribution is -2.43. The van der Waals surface area contributed by atoms with Crippen LogP contribution in [0.4, 0.5) is 0 Å². The van der Waals surface area contributed by atoms with Crippen LogP contribution >= 0.6 is 0 Å². The van der Waals surface area contributed by atoms with Crippen molar-refractivity contribution in [3.8, 4) is 0 Å². The third-order valence-corrected chi connectivity index (χ3v) is 5.46. The molecule has 3 aromatic rings. The molecule has 1 aliphatic rings. The van der Waals surface area contributed by atoms with Crippen molar-refractivity contribution in [1.82, 2.24) is 5.32 Å². The first kappa shape index (κ1) is 21.7. The molecule has 5 heteroatoms. The molecular weight excluding hydrogens is 388 g/mol. The Morgan fingerprint density at radius 3 is 1.58 bits per heavy atom. The summed E-state index contributed by atoms with van der Waals surface area (Å²) in [5, 5.41) is 3.42. The zero-order chi connectivity index (χ0) is 21.3. The molecule has 4 rings (SSSR count). The maximum atomic E-state index is 6.40. The third kappa shape index (κ3) is 6.23. The number of ether oxygens (including phenoxy) is 3. The molecule has 0 aromatic heterocycles. The van der Waals surface area contributed by atoms with Crippen LogP contribution in [0.3, 0.4) is 0 Å². The molecule has 0 aliphatic carbocycles. The van der Waals surface area contributed by atoms with Crippen molar-refractivity contribution in [2.45, 2.75) is 44.2 Å². The van der Waals surface area contributed by atoms with Crippen molar-refractivity contribution in [3.05, 3.63) is 108 Å². The summed E-state index contributed by atoms with van der Waals surface area (Å²) in [7, 11) is 0. The summed E-state index contributed by atoms with van der Waals surface area (Å²) in [6.07, 6.45) is -0.807. The fraction of sp³-hybridized carbons (Fsp3) is 0.308. The largest absolute Gasteiger partial charge is 0.375 e. The van der Waals surface area contributed by atoms with Crippen molar-refractivity contribution >= 4 is 0 Å². The molecule has 1 saturated heterocycles. The molecular formula is C26H30N2O3. The first-order chi connectivity index (χ1) is 15.3. The van der Waals surface area contributed by atoms with Crippen molar-refractivity contribution in [3.63, 3.8) is 0 Å². The maximum Gasteiger partial charge on any atom is 0.114 e. The highest BCUT2D eigenvalue weighted by molar-refractivity contribution is 5.15. The van der Waals surface area contributed by atoms with Gasteiger partial charge in [0.2, 0.25) is 0 Å². The normalized spacial score (nSPS) is 23.1. The Labute approximate surface area is 184 Å². The Kier molecular flexibility index (Phi) is 7.82. The Morgan fingerprint density at radius 2 is 1.06 bits per heavy atom. The van der Waals surface area contributed by atoms with Gasteiger partial charge < -0.3 is 19.9 Å². The van der Waals surface area contributed by atoms with E-state index in [1.807, 2.05) is 66.7 Å². The van der Waals surface area contributed by atoms with E-state index in [2.05, 4.69) is 29.6 Å². The van der Waals surface area contributed by atoms with Gasteiger partial charge >= 0.3 is 0 Å². The van der Waals surface area contributed by atoms with Gasteiger partial charge in [0.15, 0.2) is 0 Å². The van der Waals surface area contributed by atoms with Crippen LogP contribution in [-0.4, -0.2) is 31.0 Å². The quantitative estimate of drug-likeness (QED) is 0.526. The summed E-state index contributed by atoms with van der Waals surface area (Å²) in [4.78, 5) is 0. The lowest BCUT2D eigenvalue weighted by atomic mass is 10.1. The third-order valence-electron chi connectivity index (χ3n) is 5.46. The molecule has 5 nitrogen and oxygen atoms in total. The molecule has 0 bridgehead atoms. The van der Waals surface area contributed by atoms with Gasteiger partial charge in [-0.3, -0.25) is 5.32 Å². The molecule has 1 unspecified atom stereocenters. The average Bonchev–Trinajstić information content (AvgIpc) is 3.12. The van der Waals surface area contributed by atoms with Crippen molar-refractivity contribution < 1.29 is 14.2 Å². The van der Waals surface area contributed by atoms with Crippen LogP contribution in [-0.2, 0) is 34.0 Å². The van der Waals surface area contributed by atoms with Gasteiger partial charge in [0.05, 0.1) is 38.6 Å². The zero-order valence-electron chi connectivity index (χ0n) is 17.6. The van der Waals surface area contributed by atoms with Crippen molar-refractivity contribution in [2.24, 2.45) is 5.73 Å². The monoisotopic (exact) mass is 418 g/mol. The number of benzene rings is 3. The minimum Gasteiger partial charge on any atom is -0.375 e. The summed E-state index contributed by atoms with van der Waals surface area (Å²) in [6.45, 7) is 2.03. The number of nitrogens with two attached hydrogens (primary N) is 1. The predicted molar refractivity (Wildman–Crippen MR) is 121 cm³/mol. The lowest BCUT2D eigenvalue weighted by molar-refractivity contribution is -0.0854. The lowest BCUT2D eigenvalue weighted by Gasteiger charge is -2.25. The van der Waals surface area contributed by atoms with Gasteiger partial charge in [-0.1, -0.05) is 91.0 Å². The summed E-state index contributed by atoms with van der Waals surface area (Å²) in [6, 6.07) is 30.4. The van der Waals surface area contributed by atoms with Gasteiger partial charge in [0, 0.05) is 0 Å². The Morgan fingerprint density at radius 1 is 0.613 bits per heavy atom. The van der Waals surface area contributed by atoms with Crippen LogP contribution in [0.15, 0.2) is 91.0 Å². The predicted octanol–water partition coefficient (Wildman–Crippen LogP) is 3.63. The van der Waals surface area contributed by atoms with Gasteiger partial charge in [-0.2, -0.15) is 0 Å². The van der Waals surface area contributed by atoms with E-state index in [1.165, 1.54) is 0 Å². The van der Waals surface area contributed by atoms with Gasteiger partial charge in [-0.05, 0) is 16.7 Å². The minimum absolute atomic E-state index is 0.0526. The van der Waals surface area contributed by atoms with Crippen LogP contribution in [0.1, 0.15) is 16.7 Å². The van der Waals surface area contributed by atoms with E-state index in [1.54, 1.807) is 0 Å². The number of rotatable bonds is 10. The van der Waals surface area contributed by atoms with Gasteiger partial charge in [0.25, 0.3) is 0 Å². The maximum absolute atomic E-state index is 6.40. The highest BCUT2D eigenvalue weighted by atomic mass is 16.5. The minimum atomic E-state index is -0.324. The van der Waals surface area contributed by atoms with Crippen molar-refractivity contribution in [1.29, 1.82) is 0 Å². The topological polar surface area (TPSA) is 65.7 Å². The van der Waals surface area contributed by atoms with E-state index >= 15 is 0 Å². The molecule has 4 atom stereocenters. The fourth-order valence-electron chi connectivity index (χ4n) is 3.83. The van der Waals surface area contributed by atoms with Gasteiger partial charge in [-0.25, -0.2) is 0 Å². The van der Waals surface area contributed by atoms with Crippen LogP contribution in [0.25, 0.3) is 0 Å². The van der Waals surface area contributed by atoms with E-state index in [0.717, 1.165) is 16.7 Å². The number of hydrogen-bond acceptors (Lipinski definition) is 5. The second-order valence-corrected chi connectivity index (χ2v) is 7.82. The summed E-state index contributed by atoms with van der Waals surface area (Å²) >= 11 is 0. The van der Waals surface area contributed by atoms with E-state index in [9.17, 15) is 0 Å². The number of nitrogens with one attached hydrogen (secondary N) is 1. The van der Waals surface area contributed by atoms with E-state index < -0.39 is 0 Å². The van der Waals surface area contributed by atoms with Crippen LogP contribution in [0.2, 0.25) is 0 Å². The molecule has 162 valence electrons. The second kappa shape index (κ2) is 11.2. The molecule has 0 spiro atoms. The van der Waals surface area contributed by atoms with Crippen LogP contribution in [0.5, 0.6) is 0 Å². The molecule has 1 heterocycles. The number of hydrogen-bond donors (Lipinski definition) is 2. The summed E-state index contributed by atoms with van der Waals surface area (Å²) in [5.74, 6) is 0.